The molecule has 1 aliphatic rings. The number of methoxy groups -OCH3 is 1. The fourth-order valence-corrected chi connectivity index (χ4v) is 2.41. The summed E-state index contributed by atoms with van der Waals surface area (Å²) in [5.41, 5.74) is -0.689. The van der Waals surface area contributed by atoms with Gasteiger partial charge in [0.15, 0.2) is 17.4 Å². The Labute approximate surface area is 114 Å². The Morgan fingerprint density at radius 3 is 2.00 bits per heavy atom. The Hall–Kier alpha value is -1.30. The van der Waals surface area contributed by atoms with Crippen molar-refractivity contribution >= 4 is 0 Å². The molecule has 0 heterocycles. The molecule has 112 valence electrons. The minimum absolute atomic E-state index is 0.0694. The van der Waals surface area contributed by atoms with Crippen LogP contribution in [0.3, 0.4) is 0 Å². The second-order valence-corrected chi connectivity index (χ2v) is 4.97. The van der Waals surface area contributed by atoms with Gasteiger partial charge in [-0.1, -0.05) is 0 Å². The fourth-order valence-electron chi connectivity index (χ4n) is 2.41. The van der Waals surface area contributed by atoms with Gasteiger partial charge in [-0.25, -0.2) is 8.78 Å². The van der Waals surface area contributed by atoms with Crippen LogP contribution in [0.15, 0.2) is 0 Å². The van der Waals surface area contributed by atoms with Crippen molar-refractivity contribution in [2.24, 2.45) is 0 Å². The average Bonchev–Trinajstić information content (AvgIpc) is 2.48. The van der Waals surface area contributed by atoms with E-state index in [1.54, 1.807) is 7.11 Å². The van der Waals surface area contributed by atoms with Crippen LogP contribution < -0.4 is 4.74 Å². The van der Waals surface area contributed by atoms with Crippen molar-refractivity contribution in [3.63, 3.8) is 0 Å². The van der Waals surface area contributed by atoms with Crippen LogP contribution in [0.2, 0.25) is 0 Å². The van der Waals surface area contributed by atoms with Crippen molar-refractivity contribution in [1.29, 1.82) is 0 Å². The van der Waals surface area contributed by atoms with E-state index < -0.39 is 40.7 Å². The van der Waals surface area contributed by atoms with E-state index in [1.807, 2.05) is 0 Å². The first-order chi connectivity index (χ1) is 9.45. The zero-order valence-corrected chi connectivity index (χ0v) is 11.3. The van der Waals surface area contributed by atoms with E-state index in [9.17, 15) is 17.6 Å². The first kappa shape index (κ1) is 15.1. The highest BCUT2D eigenvalue weighted by Crippen LogP contribution is 2.33. The van der Waals surface area contributed by atoms with E-state index in [1.165, 1.54) is 0 Å². The standard InChI is InChI=1S/C14H16F4O2/c1-7-10(15)12(17)14(13(18)11(7)16)20-9-5-3-4-8(6-9)19-2/h8-9H,3-6H2,1-2H3. The predicted molar refractivity (Wildman–Crippen MR) is 64.7 cm³/mol. The maximum absolute atomic E-state index is 13.7. The molecule has 0 aliphatic heterocycles. The van der Waals surface area contributed by atoms with Gasteiger partial charge in [-0.15, -0.1) is 0 Å². The molecule has 1 saturated carbocycles. The number of rotatable bonds is 3. The molecule has 2 atom stereocenters. The van der Waals surface area contributed by atoms with Gasteiger partial charge in [-0.3, -0.25) is 0 Å². The zero-order chi connectivity index (χ0) is 14.9. The molecular weight excluding hydrogens is 276 g/mol. The van der Waals surface area contributed by atoms with Gasteiger partial charge in [-0.05, 0) is 26.2 Å². The Kier molecular flexibility index (Phi) is 4.52. The van der Waals surface area contributed by atoms with Gasteiger partial charge in [0, 0.05) is 19.1 Å². The second kappa shape index (κ2) is 5.99. The summed E-state index contributed by atoms with van der Waals surface area (Å²) >= 11 is 0. The molecule has 2 nitrogen and oxygen atoms in total. The first-order valence-electron chi connectivity index (χ1n) is 6.47. The van der Waals surface area contributed by atoms with E-state index in [2.05, 4.69) is 0 Å². The summed E-state index contributed by atoms with van der Waals surface area (Å²) < 4.78 is 64.6. The fraction of sp³-hybridized carbons (Fsp3) is 0.571. The molecule has 1 aliphatic carbocycles. The smallest absolute Gasteiger partial charge is 0.204 e. The van der Waals surface area contributed by atoms with Crippen molar-refractivity contribution in [2.45, 2.75) is 44.8 Å². The quantitative estimate of drug-likeness (QED) is 0.621. The lowest BCUT2D eigenvalue weighted by Gasteiger charge is -2.29. The van der Waals surface area contributed by atoms with E-state index in [-0.39, 0.29) is 6.10 Å². The third kappa shape index (κ3) is 2.75. The predicted octanol–water partition coefficient (Wildman–Crippen LogP) is 3.89. The molecular formula is C14H16F4O2. The lowest BCUT2D eigenvalue weighted by Crippen LogP contribution is -2.30. The van der Waals surface area contributed by atoms with Crippen molar-refractivity contribution in [2.75, 3.05) is 7.11 Å². The maximum Gasteiger partial charge on any atom is 0.204 e. The Morgan fingerprint density at radius 1 is 0.900 bits per heavy atom. The summed E-state index contributed by atoms with van der Waals surface area (Å²) in [7, 11) is 1.54. The van der Waals surface area contributed by atoms with Crippen LogP contribution in [0.1, 0.15) is 31.2 Å². The van der Waals surface area contributed by atoms with Gasteiger partial charge in [0.25, 0.3) is 0 Å². The molecule has 2 unspecified atom stereocenters. The second-order valence-electron chi connectivity index (χ2n) is 4.97. The molecule has 0 radical (unpaired) electrons. The van der Waals surface area contributed by atoms with Crippen molar-refractivity contribution in [3.05, 3.63) is 28.8 Å². The minimum Gasteiger partial charge on any atom is -0.484 e. The Balaban J connectivity index is 2.25. The third-order valence-corrected chi connectivity index (χ3v) is 3.64. The van der Waals surface area contributed by atoms with E-state index >= 15 is 0 Å². The molecule has 1 fully saturated rings. The van der Waals surface area contributed by atoms with Gasteiger partial charge in [-0.2, -0.15) is 8.78 Å². The van der Waals surface area contributed by atoms with E-state index in [0.717, 1.165) is 19.8 Å². The lowest BCUT2D eigenvalue weighted by molar-refractivity contribution is 0.0179. The van der Waals surface area contributed by atoms with E-state index in [0.29, 0.717) is 12.8 Å². The largest absolute Gasteiger partial charge is 0.484 e. The normalized spacial score (nSPS) is 22.9. The molecule has 0 spiro atoms. The molecule has 0 saturated heterocycles. The average molecular weight is 292 g/mol. The maximum atomic E-state index is 13.7. The molecule has 1 aromatic rings. The summed E-state index contributed by atoms with van der Waals surface area (Å²) in [6, 6.07) is 0. The molecule has 6 heteroatoms. The lowest BCUT2D eigenvalue weighted by atomic mass is 9.95. The summed E-state index contributed by atoms with van der Waals surface area (Å²) in [5, 5.41) is 0. The van der Waals surface area contributed by atoms with Crippen LogP contribution in [0.25, 0.3) is 0 Å². The van der Waals surface area contributed by atoms with Gasteiger partial charge >= 0.3 is 0 Å². The summed E-state index contributed by atoms with van der Waals surface area (Å²) in [5.74, 6) is -6.79. The van der Waals surface area contributed by atoms with Crippen LogP contribution in [0.4, 0.5) is 17.6 Å². The number of hydrogen-bond donors (Lipinski definition) is 0. The molecule has 0 bridgehead atoms. The summed E-state index contributed by atoms with van der Waals surface area (Å²) in [6.45, 7) is 0.974. The van der Waals surface area contributed by atoms with Crippen LogP contribution in [0, 0.1) is 30.2 Å². The highest BCUT2D eigenvalue weighted by molar-refractivity contribution is 5.34. The van der Waals surface area contributed by atoms with Crippen LogP contribution in [-0.4, -0.2) is 19.3 Å². The number of hydrogen-bond acceptors (Lipinski definition) is 2. The monoisotopic (exact) mass is 292 g/mol. The van der Waals surface area contributed by atoms with Crippen molar-refractivity contribution in [3.8, 4) is 5.75 Å². The third-order valence-electron chi connectivity index (χ3n) is 3.64. The SMILES string of the molecule is COC1CCCC(Oc2c(F)c(F)c(C)c(F)c2F)C1. The molecule has 20 heavy (non-hydrogen) atoms. The first-order valence-corrected chi connectivity index (χ1v) is 6.47. The summed E-state index contributed by atoms with van der Waals surface area (Å²) in [6.07, 6.45) is 2.02. The number of ether oxygens (including phenoxy) is 2. The highest BCUT2D eigenvalue weighted by atomic mass is 19.2. The van der Waals surface area contributed by atoms with E-state index in [4.69, 9.17) is 9.47 Å². The molecule has 0 N–H and O–H groups in total. The topological polar surface area (TPSA) is 18.5 Å². The van der Waals surface area contributed by atoms with Crippen LogP contribution in [-0.2, 0) is 4.74 Å². The molecule has 2 rings (SSSR count). The number of halogens is 4. The van der Waals surface area contributed by atoms with Gasteiger partial charge in [0.1, 0.15) is 6.10 Å². The van der Waals surface area contributed by atoms with Gasteiger partial charge in [0.2, 0.25) is 11.6 Å². The Morgan fingerprint density at radius 2 is 1.45 bits per heavy atom. The van der Waals surface area contributed by atoms with Crippen molar-refractivity contribution < 1.29 is 27.0 Å². The molecule has 0 aromatic heterocycles. The number of benzene rings is 1. The van der Waals surface area contributed by atoms with Crippen LogP contribution >= 0.6 is 0 Å². The highest BCUT2D eigenvalue weighted by Gasteiger charge is 2.29. The summed E-state index contributed by atoms with van der Waals surface area (Å²) in [4.78, 5) is 0. The van der Waals surface area contributed by atoms with Crippen LogP contribution in [0.5, 0.6) is 5.75 Å². The Bertz CT molecular complexity index is 475. The van der Waals surface area contributed by atoms with Gasteiger partial charge in [0.05, 0.1) is 6.10 Å². The van der Waals surface area contributed by atoms with Crippen molar-refractivity contribution in [1.82, 2.24) is 0 Å². The molecule has 0 amide bonds. The van der Waals surface area contributed by atoms with Gasteiger partial charge < -0.3 is 9.47 Å². The zero-order valence-electron chi connectivity index (χ0n) is 11.3. The molecule has 1 aromatic carbocycles. The minimum atomic E-state index is -1.49.